The second-order valence-corrected chi connectivity index (χ2v) is 7.31. The van der Waals surface area contributed by atoms with Crippen LogP contribution in [0.5, 0.6) is 5.75 Å². The molecule has 1 amide bonds. The minimum absolute atomic E-state index is 0.195. The number of nitrogens with two attached hydrogens (primary N) is 2. The summed E-state index contributed by atoms with van der Waals surface area (Å²) in [5, 5.41) is 20.8. The Morgan fingerprint density at radius 1 is 0.970 bits per heavy atom. The number of unbranched alkanes of at least 4 members (excludes halogenated alkanes) is 2. The first-order valence-corrected chi connectivity index (χ1v) is 10.5. The summed E-state index contributed by atoms with van der Waals surface area (Å²) in [5.41, 5.74) is 12.3. The van der Waals surface area contributed by atoms with Gasteiger partial charge in [0.05, 0.1) is 13.2 Å². The predicted octanol–water partition coefficient (Wildman–Crippen LogP) is 1.83. The third-order valence-electron chi connectivity index (χ3n) is 4.70. The van der Waals surface area contributed by atoms with Crippen LogP contribution < -0.4 is 21.5 Å². The summed E-state index contributed by atoms with van der Waals surface area (Å²) < 4.78 is 10.8. The summed E-state index contributed by atoms with van der Waals surface area (Å²) in [6.07, 6.45) is 1.17. The lowest BCUT2D eigenvalue weighted by Gasteiger charge is -2.17. The van der Waals surface area contributed by atoms with Crippen molar-refractivity contribution in [1.29, 1.82) is 0 Å². The highest BCUT2D eigenvalue weighted by Crippen LogP contribution is 2.17. The van der Waals surface area contributed by atoms with Gasteiger partial charge in [-0.1, -0.05) is 12.1 Å². The monoisotopic (exact) mass is 459 g/mol. The van der Waals surface area contributed by atoms with Crippen LogP contribution in [0.1, 0.15) is 35.2 Å². The Balaban J connectivity index is 1.91. The van der Waals surface area contributed by atoms with Gasteiger partial charge >= 0.3 is 11.9 Å². The van der Waals surface area contributed by atoms with Crippen LogP contribution in [0.3, 0.4) is 0 Å². The first-order valence-electron chi connectivity index (χ1n) is 10.5. The number of rotatable bonds is 14. The van der Waals surface area contributed by atoms with Crippen LogP contribution in [0.4, 0.5) is 5.69 Å². The Labute approximate surface area is 191 Å². The standard InChI is InChI=1S/C23H29N3O7/c24-11-2-1-3-12-32-18-9-7-16(8-10-18)21(27)26-17-6-4-5-15(13-17)14-33-20(23(30)31)19(25)22(28)29/h4-10,13,19-20H,1-3,11-12,14,24-25H2,(H,26,27)(H,28,29)(H,30,31)/t19-,20-/m0/s1. The van der Waals surface area contributed by atoms with Crippen molar-refractivity contribution in [2.45, 2.75) is 38.0 Å². The molecule has 33 heavy (non-hydrogen) atoms. The van der Waals surface area contributed by atoms with Crippen molar-refractivity contribution in [1.82, 2.24) is 0 Å². The summed E-state index contributed by atoms with van der Waals surface area (Å²) in [5.74, 6) is -2.62. The van der Waals surface area contributed by atoms with E-state index in [2.05, 4.69) is 5.32 Å². The maximum atomic E-state index is 12.5. The Morgan fingerprint density at radius 2 is 1.70 bits per heavy atom. The SMILES string of the molecule is NCCCCCOc1ccc(C(=O)Nc2cccc(CO[C@H](C(=O)O)[C@H](N)C(=O)O)c2)cc1. The maximum absolute atomic E-state index is 12.5. The number of benzene rings is 2. The van der Waals surface area contributed by atoms with E-state index in [0.29, 0.717) is 35.7 Å². The van der Waals surface area contributed by atoms with E-state index >= 15 is 0 Å². The van der Waals surface area contributed by atoms with Crippen molar-refractivity contribution in [3.05, 3.63) is 59.7 Å². The summed E-state index contributed by atoms with van der Waals surface area (Å²) in [6.45, 7) is 1.06. The van der Waals surface area contributed by atoms with Crippen molar-refractivity contribution < 1.29 is 34.1 Å². The molecule has 0 radical (unpaired) electrons. The van der Waals surface area contributed by atoms with Gasteiger partial charge < -0.3 is 36.5 Å². The molecule has 2 aromatic rings. The number of carbonyl (C=O) groups excluding carboxylic acids is 1. The lowest BCUT2D eigenvalue weighted by molar-refractivity contribution is -0.159. The van der Waals surface area contributed by atoms with Crippen LogP contribution in [-0.4, -0.2) is 53.4 Å². The van der Waals surface area contributed by atoms with Crippen LogP contribution in [0.25, 0.3) is 0 Å². The molecule has 0 aromatic heterocycles. The molecule has 0 bridgehead atoms. The third-order valence-corrected chi connectivity index (χ3v) is 4.70. The molecule has 0 aliphatic rings. The van der Waals surface area contributed by atoms with Gasteiger partial charge in [0.25, 0.3) is 5.91 Å². The molecule has 7 N–H and O–H groups in total. The third kappa shape index (κ3) is 8.53. The zero-order valence-electron chi connectivity index (χ0n) is 18.1. The van der Waals surface area contributed by atoms with E-state index in [9.17, 15) is 14.4 Å². The minimum atomic E-state index is -1.71. The van der Waals surface area contributed by atoms with Gasteiger partial charge in [-0.05, 0) is 67.8 Å². The van der Waals surface area contributed by atoms with Gasteiger partial charge in [0.2, 0.25) is 0 Å². The predicted molar refractivity (Wildman–Crippen MR) is 121 cm³/mol. The zero-order chi connectivity index (χ0) is 24.2. The highest BCUT2D eigenvalue weighted by atomic mass is 16.5. The molecule has 2 aromatic carbocycles. The van der Waals surface area contributed by atoms with Crippen molar-refractivity contribution in [3.8, 4) is 5.75 Å². The van der Waals surface area contributed by atoms with Gasteiger partial charge in [-0.15, -0.1) is 0 Å². The Kier molecular flexibility index (Phi) is 10.3. The fourth-order valence-corrected chi connectivity index (χ4v) is 2.90. The van der Waals surface area contributed by atoms with E-state index in [0.717, 1.165) is 19.3 Å². The number of amides is 1. The van der Waals surface area contributed by atoms with Crippen LogP contribution >= 0.6 is 0 Å². The number of anilines is 1. The average Bonchev–Trinajstić information content (AvgIpc) is 2.79. The van der Waals surface area contributed by atoms with Crippen molar-refractivity contribution >= 4 is 23.5 Å². The van der Waals surface area contributed by atoms with E-state index in [4.69, 9.17) is 31.2 Å². The number of carbonyl (C=O) groups is 3. The smallest absolute Gasteiger partial charge is 0.335 e. The van der Waals surface area contributed by atoms with Crippen molar-refractivity contribution in [2.75, 3.05) is 18.5 Å². The van der Waals surface area contributed by atoms with Gasteiger partial charge in [-0.3, -0.25) is 9.59 Å². The Hall–Kier alpha value is -3.47. The molecule has 0 spiro atoms. The Morgan fingerprint density at radius 3 is 2.33 bits per heavy atom. The summed E-state index contributed by atoms with van der Waals surface area (Å²) in [4.78, 5) is 34.7. The molecule has 0 unspecified atom stereocenters. The van der Waals surface area contributed by atoms with Gasteiger partial charge in [-0.25, -0.2) is 4.79 Å². The van der Waals surface area contributed by atoms with Crippen molar-refractivity contribution in [3.63, 3.8) is 0 Å². The Bertz CT molecular complexity index is 934. The fourth-order valence-electron chi connectivity index (χ4n) is 2.90. The maximum Gasteiger partial charge on any atom is 0.335 e. The molecule has 10 heteroatoms. The van der Waals surface area contributed by atoms with Gasteiger partial charge in [0, 0.05) is 11.3 Å². The van der Waals surface area contributed by atoms with E-state index in [-0.39, 0.29) is 12.5 Å². The van der Waals surface area contributed by atoms with Gasteiger partial charge in [0.15, 0.2) is 6.10 Å². The molecule has 10 nitrogen and oxygen atoms in total. The largest absolute Gasteiger partial charge is 0.494 e. The van der Waals surface area contributed by atoms with Gasteiger partial charge in [-0.2, -0.15) is 0 Å². The highest BCUT2D eigenvalue weighted by Gasteiger charge is 2.31. The topological polar surface area (TPSA) is 174 Å². The quantitative estimate of drug-likeness (QED) is 0.264. The molecular weight excluding hydrogens is 430 g/mol. The molecule has 0 fully saturated rings. The normalized spacial score (nSPS) is 12.5. The number of hydrogen-bond acceptors (Lipinski definition) is 7. The molecule has 2 rings (SSSR count). The molecule has 0 saturated heterocycles. The first-order chi connectivity index (χ1) is 15.8. The van der Waals surface area contributed by atoms with Crippen molar-refractivity contribution in [2.24, 2.45) is 11.5 Å². The van der Waals surface area contributed by atoms with E-state index in [1.165, 1.54) is 0 Å². The molecule has 178 valence electrons. The number of carboxylic acid groups (broad SMARTS) is 2. The van der Waals surface area contributed by atoms with Crippen LogP contribution in [0.15, 0.2) is 48.5 Å². The second kappa shape index (κ2) is 13.2. The summed E-state index contributed by atoms with van der Waals surface area (Å²) in [7, 11) is 0. The van der Waals surface area contributed by atoms with E-state index < -0.39 is 24.1 Å². The lowest BCUT2D eigenvalue weighted by Crippen LogP contribution is -2.47. The molecule has 0 aliphatic heterocycles. The second-order valence-electron chi connectivity index (χ2n) is 7.31. The molecule has 2 atom stereocenters. The molecule has 0 aliphatic carbocycles. The number of hydrogen-bond donors (Lipinski definition) is 5. The molecule has 0 heterocycles. The summed E-state index contributed by atoms with van der Waals surface area (Å²) in [6, 6.07) is 11.6. The van der Waals surface area contributed by atoms with Crippen LogP contribution in [0.2, 0.25) is 0 Å². The van der Waals surface area contributed by atoms with E-state index in [1.54, 1.807) is 48.5 Å². The van der Waals surface area contributed by atoms with Gasteiger partial charge in [0.1, 0.15) is 11.8 Å². The zero-order valence-corrected chi connectivity index (χ0v) is 18.1. The number of nitrogens with one attached hydrogen (secondary N) is 1. The first kappa shape index (κ1) is 25.8. The minimum Gasteiger partial charge on any atom is -0.494 e. The fraction of sp³-hybridized carbons (Fsp3) is 0.348. The molecule has 0 saturated carbocycles. The summed E-state index contributed by atoms with van der Waals surface area (Å²) >= 11 is 0. The van der Waals surface area contributed by atoms with Crippen LogP contribution in [-0.2, 0) is 20.9 Å². The van der Waals surface area contributed by atoms with Crippen LogP contribution in [0, 0.1) is 0 Å². The number of ether oxygens (including phenoxy) is 2. The number of carboxylic acids is 2. The molecular formula is C23H29N3O7. The number of aliphatic carboxylic acids is 2. The average molecular weight is 459 g/mol. The highest BCUT2D eigenvalue weighted by molar-refractivity contribution is 6.04. The van der Waals surface area contributed by atoms with E-state index in [1.807, 2.05) is 0 Å². The lowest BCUT2D eigenvalue weighted by atomic mass is 10.1.